The van der Waals surface area contributed by atoms with Gasteiger partial charge in [0.25, 0.3) is 0 Å². The van der Waals surface area contributed by atoms with Gasteiger partial charge in [0.15, 0.2) is 0 Å². The number of carboxylic acid groups (broad SMARTS) is 1. The van der Waals surface area contributed by atoms with Gasteiger partial charge in [-0.3, -0.25) is 14.6 Å². The van der Waals surface area contributed by atoms with Gasteiger partial charge in [-0.15, -0.1) is 0 Å². The van der Waals surface area contributed by atoms with Gasteiger partial charge in [0.2, 0.25) is 5.91 Å². The van der Waals surface area contributed by atoms with E-state index < -0.39 is 11.4 Å². The molecule has 3 rings (SSSR count). The number of piperidine rings is 1. The normalized spacial score (nSPS) is 16.7. The number of carbonyl (C=O) groups excluding carboxylic acids is 1. The van der Waals surface area contributed by atoms with Gasteiger partial charge in [-0.05, 0) is 36.1 Å². The molecule has 25 heavy (non-hydrogen) atoms. The first-order valence-electron chi connectivity index (χ1n) is 8.28. The third kappa shape index (κ3) is 3.60. The van der Waals surface area contributed by atoms with Gasteiger partial charge in [0, 0.05) is 31.6 Å². The van der Waals surface area contributed by atoms with Crippen LogP contribution in [0.3, 0.4) is 0 Å². The second kappa shape index (κ2) is 7.30. The first kappa shape index (κ1) is 16.9. The molecule has 0 atom stereocenters. The third-order valence-electron chi connectivity index (χ3n) is 4.77. The van der Waals surface area contributed by atoms with E-state index in [4.69, 9.17) is 0 Å². The monoisotopic (exact) mass is 336 g/mol. The van der Waals surface area contributed by atoms with E-state index >= 15 is 0 Å². The Balaban J connectivity index is 1.69. The summed E-state index contributed by atoms with van der Waals surface area (Å²) in [6, 6.07) is 13.0. The van der Waals surface area contributed by atoms with Crippen molar-refractivity contribution in [1.82, 2.24) is 9.88 Å². The zero-order valence-electron chi connectivity index (χ0n) is 13.8. The molecule has 0 radical (unpaired) electrons. The van der Waals surface area contributed by atoms with Crippen LogP contribution in [0.2, 0.25) is 0 Å². The van der Waals surface area contributed by atoms with E-state index in [1.54, 1.807) is 23.4 Å². The van der Waals surface area contributed by atoms with Crippen molar-refractivity contribution in [2.75, 3.05) is 13.1 Å². The van der Waals surface area contributed by atoms with Crippen LogP contribution < -0.4 is 0 Å². The highest BCUT2D eigenvalue weighted by Crippen LogP contribution is 2.36. The number of amides is 1. The Kier molecular flexibility index (Phi) is 4.93. The molecule has 2 heterocycles. The summed E-state index contributed by atoms with van der Waals surface area (Å²) in [6.07, 6.45) is 7.44. The quantitative estimate of drug-likeness (QED) is 0.872. The fourth-order valence-electron chi connectivity index (χ4n) is 3.24. The van der Waals surface area contributed by atoms with E-state index in [-0.39, 0.29) is 5.91 Å². The molecule has 128 valence electrons. The van der Waals surface area contributed by atoms with Crippen LogP contribution in [0.15, 0.2) is 60.9 Å². The molecule has 0 aliphatic carbocycles. The maximum Gasteiger partial charge on any atom is 0.314 e. The van der Waals surface area contributed by atoms with E-state index in [2.05, 4.69) is 4.98 Å². The second-order valence-electron chi connectivity index (χ2n) is 6.20. The molecule has 1 fully saturated rings. The smallest absolute Gasteiger partial charge is 0.314 e. The number of hydrogen-bond donors (Lipinski definition) is 1. The summed E-state index contributed by atoms with van der Waals surface area (Å²) >= 11 is 0. The van der Waals surface area contributed by atoms with Crippen molar-refractivity contribution in [2.45, 2.75) is 18.3 Å². The molecule has 1 amide bonds. The van der Waals surface area contributed by atoms with E-state index in [9.17, 15) is 14.7 Å². The van der Waals surface area contributed by atoms with Gasteiger partial charge < -0.3 is 10.0 Å². The number of rotatable bonds is 4. The van der Waals surface area contributed by atoms with Crippen LogP contribution in [-0.4, -0.2) is 40.0 Å². The van der Waals surface area contributed by atoms with E-state index in [1.165, 1.54) is 6.08 Å². The van der Waals surface area contributed by atoms with Crippen LogP contribution in [0.5, 0.6) is 0 Å². The lowest BCUT2D eigenvalue weighted by Gasteiger charge is -2.38. The van der Waals surface area contributed by atoms with Crippen molar-refractivity contribution in [3.63, 3.8) is 0 Å². The van der Waals surface area contributed by atoms with Crippen molar-refractivity contribution < 1.29 is 14.7 Å². The summed E-state index contributed by atoms with van der Waals surface area (Å²) in [5.41, 5.74) is 0.753. The van der Waals surface area contributed by atoms with Crippen LogP contribution in [-0.2, 0) is 15.0 Å². The first-order chi connectivity index (χ1) is 12.1. The largest absolute Gasteiger partial charge is 0.481 e. The zero-order valence-corrected chi connectivity index (χ0v) is 13.8. The molecular formula is C20H20N2O3. The average Bonchev–Trinajstić information content (AvgIpc) is 2.67. The van der Waals surface area contributed by atoms with Gasteiger partial charge >= 0.3 is 5.97 Å². The number of nitrogens with zero attached hydrogens (tertiary/aromatic N) is 2. The molecule has 1 aromatic carbocycles. The van der Waals surface area contributed by atoms with Gasteiger partial charge in [0.1, 0.15) is 0 Å². The summed E-state index contributed by atoms with van der Waals surface area (Å²) < 4.78 is 0. The van der Waals surface area contributed by atoms with Crippen LogP contribution in [0.4, 0.5) is 0 Å². The van der Waals surface area contributed by atoms with Crippen LogP contribution in [0.25, 0.3) is 6.08 Å². The van der Waals surface area contributed by atoms with Crippen molar-refractivity contribution >= 4 is 18.0 Å². The predicted octanol–water partition coefficient (Wildman–Crippen LogP) is 2.74. The topological polar surface area (TPSA) is 70.5 Å². The van der Waals surface area contributed by atoms with E-state index in [1.807, 2.05) is 42.5 Å². The molecule has 1 aliphatic heterocycles. The summed E-state index contributed by atoms with van der Waals surface area (Å²) in [5.74, 6) is -0.924. The number of benzene rings is 1. The first-order valence-corrected chi connectivity index (χ1v) is 8.28. The number of pyridine rings is 1. The fraction of sp³-hybridized carbons (Fsp3) is 0.250. The average molecular weight is 336 g/mol. The Morgan fingerprint density at radius 2 is 1.80 bits per heavy atom. The van der Waals surface area contributed by atoms with Crippen LogP contribution in [0, 0.1) is 0 Å². The standard InChI is InChI=1S/C20H20N2O3/c23-18(9-8-16-5-4-12-21-15-16)22-13-10-20(11-14-22,19(24)25)17-6-2-1-3-7-17/h1-9,12,15H,10-11,13-14H2,(H,24,25)/b9-8+. The molecule has 5 heteroatoms. The minimum Gasteiger partial charge on any atom is -0.481 e. The molecule has 0 unspecified atom stereocenters. The molecule has 5 nitrogen and oxygen atoms in total. The highest BCUT2D eigenvalue weighted by molar-refractivity contribution is 5.92. The molecule has 1 saturated heterocycles. The molecule has 1 aliphatic rings. The van der Waals surface area contributed by atoms with Crippen molar-refractivity contribution in [3.05, 3.63) is 72.1 Å². The van der Waals surface area contributed by atoms with Gasteiger partial charge in [-0.25, -0.2) is 0 Å². The minimum absolute atomic E-state index is 0.101. The number of aliphatic carboxylic acids is 1. The molecular weight excluding hydrogens is 316 g/mol. The van der Waals surface area contributed by atoms with Crippen LogP contribution in [0.1, 0.15) is 24.0 Å². The Hall–Kier alpha value is -2.95. The Labute approximate surface area is 146 Å². The Morgan fingerprint density at radius 3 is 2.40 bits per heavy atom. The maximum atomic E-state index is 12.4. The highest BCUT2D eigenvalue weighted by atomic mass is 16.4. The lowest BCUT2D eigenvalue weighted by atomic mass is 9.73. The lowest BCUT2D eigenvalue weighted by Crippen LogP contribution is -2.48. The summed E-state index contributed by atoms with van der Waals surface area (Å²) in [6.45, 7) is 0.856. The van der Waals surface area contributed by atoms with Gasteiger partial charge in [-0.1, -0.05) is 36.4 Å². The molecule has 0 spiro atoms. The molecule has 1 aromatic heterocycles. The Morgan fingerprint density at radius 1 is 1.08 bits per heavy atom. The van der Waals surface area contributed by atoms with E-state index in [0.29, 0.717) is 25.9 Å². The zero-order chi connectivity index (χ0) is 17.7. The van der Waals surface area contributed by atoms with Gasteiger partial charge in [-0.2, -0.15) is 0 Å². The predicted molar refractivity (Wildman–Crippen MR) is 94.8 cm³/mol. The number of aromatic nitrogens is 1. The van der Waals surface area contributed by atoms with Gasteiger partial charge in [0.05, 0.1) is 5.41 Å². The number of carbonyl (C=O) groups is 2. The summed E-state index contributed by atoms with van der Waals surface area (Å²) in [5, 5.41) is 9.79. The summed E-state index contributed by atoms with van der Waals surface area (Å²) in [7, 11) is 0. The molecule has 2 aromatic rings. The molecule has 1 N–H and O–H groups in total. The van der Waals surface area contributed by atoms with E-state index in [0.717, 1.165) is 11.1 Å². The molecule has 0 saturated carbocycles. The van der Waals surface area contributed by atoms with Crippen molar-refractivity contribution in [2.24, 2.45) is 0 Å². The third-order valence-corrected chi connectivity index (χ3v) is 4.77. The maximum absolute atomic E-state index is 12.4. The lowest BCUT2D eigenvalue weighted by molar-refractivity contribution is -0.147. The Bertz CT molecular complexity index is 764. The van der Waals surface area contributed by atoms with Crippen molar-refractivity contribution in [3.8, 4) is 0 Å². The number of carboxylic acids is 1. The highest BCUT2D eigenvalue weighted by Gasteiger charge is 2.43. The number of likely N-dealkylation sites (tertiary alicyclic amines) is 1. The number of hydrogen-bond acceptors (Lipinski definition) is 3. The molecule has 0 bridgehead atoms. The fourth-order valence-corrected chi connectivity index (χ4v) is 3.24. The van der Waals surface area contributed by atoms with Crippen molar-refractivity contribution in [1.29, 1.82) is 0 Å². The minimum atomic E-state index is -0.912. The van der Waals surface area contributed by atoms with Crippen LogP contribution >= 0.6 is 0 Å². The SMILES string of the molecule is O=C(/C=C/c1cccnc1)N1CCC(C(=O)O)(c2ccccc2)CC1. The summed E-state index contributed by atoms with van der Waals surface area (Å²) in [4.78, 5) is 30.0. The second-order valence-corrected chi connectivity index (χ2v) is 6.20.